The summed E-state index contributed by atoms with van der Waals surface area (Å²) < 4.78 is 0. The van der Waals surface area contributed by atoms with Crippen LogP contribution in [-0.2, 0) is 12.8 Å². The van der Waals surface area contributed by atoms with Gasteiger partial charge in [-0.3, -0.25) is 0 Å². The Labute approximate surface area is 108 Å². The minimum absolute atomic E-state index is 0.00287. The van der Waals surface area contributed by atoms with Crippen molar-refractivity contribution in [2.75, 3.05) is 0 Å². The highest BCUT2D eigenvalue weighted by atomic mass is 16.3. The van der Waals surface area contributed by atoms with Crippen LogP contribution in [0.25, 0.3) is 11.1 Å². The van der Waals surface area contributed by atoms with Crippen molar-refractivity contribution in [3.05, 3.63) is 47.5 Å². The number of phenols is 2. The van der Waals surface area contributed by atoms with Gasteiger partial charge in [0, 0.05) is 5.56 Å². The molecule has 2 nitrogen and oxygen atoms in total. The van der Waals surface area contributed by atoms with Crippen molar-refractivity contribution in [3.63, 3.8) is 0 Å². The van der Waals surface area contributed by atoms with E-state index in [0.29, 0.717) is 6.42 Å². The second kappa shape index (κ2) is 5.13. The molecule has 0 saturated carbocycles. The smallest absolute Gasteiger partial charge is 0.161 e. The van der Waals surface area contributed by atoms with Gasteiger partial charge < -0.3 is 10.2 Å². The molecule has 0 fully saturated rings. The van der Waals surface area contributed by atoms with Crippen molar-refractivity contribution >= 4 is 0 Å². The zero-order valence-electron chi connectivity index (χ0n) is 10.8. The van der Waals surface area contributed by atoms with Crippen molar-refractivity contribution in [1.29, 1.82) is 0 Å². The topological polar surface area (TPSA) is 40.5 Å². The molecule has 0 heterocycles. The molecular formula is C16H18O2. The average Bonchev–Trinajstić information content (AvgIpc) is 2.41. The maximum Gasteiger partial charge on any atom is 0.161 e. The van der Waals surface area contributed by atoms with Crippen LogP contribution in [0.3, 0.4) is 0 Å². The van der Waals surface area contributed by atoms with E-state index in [9.17, 15) is 10.2 Å². The highest BCUT2D eigenvalue weighted by Crippen LogP contribution is 2.37. The lowest BCUT2D eigenvalue weighted by Gasteiger charge is -2.12. The first kappa shape index (κ1) is 12.5. The number of phenolic OH excluding ortho intramolecular Hbond substituents is 2. The molecule has 0 radical (unpaired) electrons. The van der Waals surface area contributed by atoms with Gasteiger partial charge in [0.05, 0.1) is 0 Å². The van der Waals surface area contributed by atoms with Crippen LogP contribution in [0.5, 0.6) is 11.5 Å². The van der Waals surface area contributed by atoms with Crippen LogP contribution in [0.2, 0.25) is 0 Å². The molecule has 18 heavy (non-hydrogen) atoms. The van der Waals surface area contributed by atoms with E-state index in [1.807, 2.05) is 25.1 Å². The van der Waals surface area contributed by atoms with Crippen molar-refractivity contribution in [1.82, 2.24) is 0 Å². The highest BCUT2D eigenvalue weighted by Gasteiger charge is 2.12. The largest absolute Gasteiger partial charge is 0.504 e. The maximum atomic E-state index is 9.92. The highest BCUT2D eigenvalue weighted by molar-refractivity contribution is 5.72. The Kier molecular flexibility index (Phi) is 3.56. The number of rotatable bonds is 3. The standard InChI is InChI=1S/C16H18O2/c1-3-11-6-5-7-12(10-11)14-8-9-15(17)16(18)13(14)4-2/h5-10,17-18H,3-4H2,1-2H3. The molecule has 0 unspecified atom stereocenters. The molecule has 0 atom stereocenters. The molecule has 0 aromatic heterocycles. The van der Waals surface area contributed by atoms with Gasteiger partial charge in [0.25, 0.3) is 0 Å². The summed E-state index contributed by atoms with van der Waals surface area (Å²) >= 11 is 0. The van der Waals surface area contributed by atoms with Crippen LogP contribution < -0.4 is 0 Å². The van der Waals surface area contributed by atoms with E-state index in [1.54, 1.807) is 6.07 Å². The Hall–Kier alpha value is -1.96. The first-order valence-corrected chi connectivity index (χ1v) is 6.30. The summed E-state index contributed by atoms with van der Waals surface area (Å²) in [5, 5.41) is 19.5. The van der Waals surface area contributed by atoms with Crippen LogP contribution >= 0.6 is 0 Å². The van der Waals surface area contributed by atoms with Gasteiger partial charge in [0.2, 0.25) is 0 Å². The summed E-state index contributed by atoms with van der Waals surface area (Å²) in [5.74, 6) is -0.0563. The third-order valence-corrected chi connectivity index (χ3v) is 3.26. The van der Waals surface area contributed by atoms with Crippen LogP contribution in [0.4, 0.5) is 0 Å². The molecule has 2 heteroatoms. The van der Waals surface area contributed by atoms with Gasteiger partial charge >= 0.3 is 0 Å². The van der Waals surface area contributed by atoms with Crippen LogP contribution in [0.15, 0.2) is 36.4 Å². The van der Waals surface area contributed by atoms with Crippen LogP contribution in [-0.4, -0.2) is 10.2 Å². The zero-order chi connectivity index (χ0) is 13.1. The summed E-state index contributed by atoms with van der Waals surface area (Å²) in [5.41, 5.74) is 4.13. The Morgan fingerprint density at radius 3 is 2.39 bits per heavy atom. The van der Waals surface area contributed by atoms with E-state index in [2.05, 4.69) is 19.1 Å². The summed E-state index contributed by atoms with van der Waals surface area (Å²) in [6, 6.07) is 11.7. The fraction of sp³-hybridized carbons (Fsp3) is 0.250. The number of aromatic hydroxyl groups is 2. The van der Waals surface area contributed by atoms with Crippen molar-refractivity contribution in [2.24, 2.45) is 0 Å². The van der Waals surface area contributed by atoms with E-state index in [-0.39, 0.29) is 11.5 Å². The predicted octanol–water partition coefficient (Wildman–Crippen LogP) is 3.89. The molecule has 2 rings (SSSR count). The minimum atomic E-state index is -0.0535. The predicted molar refractivity (Wildman–Crippen MR) is 74.0 cm³/mol. The van der Waals surface area contributed by atoms with E-state index in [4.69, 9.17) is 0 Å². The molecule has 0 bridgehead atoms. The van der Waals surface area contributed by atoms with Crippen LogP contribution in [0.1, 0.15) is 25.0 Å². The molecule has 0 spiro atoms. The van der Waals surface area contributed by atoms with Gasteiger partial charge in [-0.15, -0.1) is 0 Å². The molecule has 2 aromatic rings. The fourth-order valence-electron chi connectivity index (χ4n) is 2.21. The minimum Gasteiger partial charge on any atom is -0.504 e. The molecule has 0 aliphatic rings. The number of hydrogen-bond donors (Lipinski definition) is 2. The second-order valence-electron chi connectivity index (χ2n) is 4.37. The Bertz CT molecular complexity index is 559. The molecule has 0 aliphatic heterocycles. The lowest BCUT2D eigenvalue weighted by Crippen LogP contribution is -1.90. The first-order valence-electron chi connectivity index (χ1n) is 6.30. The summed E-state index contributed by atoms with van der Waals surface area (Å²) in [6.07, 6.45) is 1.67. The summed E-state index contributed by atoms with van der Waals surface area (Å²) in [7, 11) is 0. The lowest BCUT2D eigenvalue weighted by molar-refractivity contribution is 0.400. The van der Waals surface area contributed by atoms with Crippen LogP contribution in [0, 0.1) is 0 Å². The SMILES string of the molecule is CCc1cccc(-c2ccc(O)c(O)c2CC)c1. The average molecular weight is 242 g/mol. The van der Waals surface area contributed by atoms with E-state index >= 15 is 0 Å². The molecular weight excluding hydrogens is 224 g/mol. The van der Waals surface area contributed by atoms with E-state index in [1.165, 1.54) is 5.56 Å². The van der Waals surface area contributed by atoms with Crippen molar-refractivity contribution in [2.45, 2.75) is 26.7 Å². The lowest BCUT2D eigenvalue weighted by atomic mass is 9.95. The Morgan fingerprint density at radius 1 is 0.944 bits per heavy atom. The Morgan fingerprint density at radius 2 is 1.72 bits per heavy atom. The number of benzene rings is 2. The van der Waals surface area contributed by atoms with Gasteiger partial charge in [-0.25, -0.2) is 0 Å². The first-order chi connectivity index (χ1) is 8.67. The quantitative estimate of drug-likeness (QED) is 0.802. The van der Waals surface area contributed by atoms with Gasteiger partial charge in [0.15, 0.2) is 11.5 Å². The zero-order valence-corrected chi connectivity index (χ0v) is 10.8. The normalized spacial score (nSPS) is 10.6. The summed E-state index contributed by atoms with van der Waals surface area (Å²) in [6.45, 7) is 4.09. The van der Waals surface area contributed by atoms with Crippen molar-refractivity contribution < 1.29 is 10.2 Å². The fourth-order valence-corrected chi connectivity index (χ4v) is 2.21. The molecule has 0 amide bonds. The van der Waals surface area contributed by atoms with Crippen molar-refractivity contribution in [3.8, 4) is 22.6 Å². The molecule has 2 N–H and O–H groups in total. The molecule has 0 aliphatic carbocycles. The van der Waals surface area contributed by atoms with Gasteiger partial charge in [0.1, 0.15) is 0 Å². The third kappa shape index (κ3) is 2.19. The monoisotopic (exact) mass is 242 g/mol. The second-order valence-corrected chi connectivity index (χ2v) is 4.37. The van der Waals surface area contributed by atoms with Gasteiger partial charge in [-0.1, -0.05) is 44.2 Å². The van der Waals surface area contributed by atoms with E-state index < -0.39 is 0 Å². The molecule has 2 aromatic carbocycles. The summed E-state index contributed by atoms with van der Waals surface area (Å²) in [4.78, 5) is 0. The number of aryl methyl sites for hydroxylation is 1. The molecule has 94 valence electrons. The van der Waals surface area contributed by atoms with Gasteiger partial charge in [-0.2, -0.15) is 0 Å². The molecule has 0 saturated heterocycles. The number of hydrogen-bond acceptors (Lipinski definition) is 2. The maximum absolute atomic E-state index is 9.92. The van der Waals surface area contributed by atoms with E-state index in [0.717, 1.165) is 23.1 Å². The Balaban J connectivity index is 2.59. The third-order valence-electron chi connectivity index (χ3n) is 3.26. The van der Waals surface area contributed by atoms with Gasteiger partial charge in [-0.05, 0) is 35.6 Å².